The van der Waals surface area contributed by atoms with E-state index in [2.05, 4.69) is 25.3 Å². The highest BCUT2D eigenvalue weighted by Crippen LogP contribution is 2.31. The van der Waals surface area contributed by atoms with E-state index in [4.69, 9.17) is 16.0 Å². The number of nitrogens with zero attached hydrogens (tertiary/aromatic N) is 4. The normalized spacial score (nSPS) is 21.5. The molecule has 8 heteroatoms. The fraction of sp³-hybridized carbons (Fsp3) is 0.353. The maximum Gasteiger partial charge on any atom is 0.209 e. The van der Waals surface area contributed by atoms with Crippen LogP contribution in [0.2, 0.25) is 5.02 Å². The first-order valence-corrected chi connectivity index (χ1v) is 8.52. The molecule has 0 saturated carbocycles. The lowest BCUT2D eigenvalue weighted by Crippen LogP contribution is -2.45. The molecule has 3 aromatic rings. The van der Waals surface area contributed by atoms with E-state index in [1.807, 2.05) is 24.3 Å². The lowest BCUT2D eigenvalue weighted by molar-refractivity contribution is -0.0432. The van der Waals surface area contributed by atoms with Crippen molar-refractivity contribution in [2.24, 2.45) is 0 Å². The van der Waals surface area contributed by atoms with Crippen molar-refractivity contribution in [2.75, 3.05) is 13.1 Å². The van der Waals surface area contributed by atoms with Crippen LogP contribution in [0.15, 0.2) is 41.1 Å². The van der Waals surface area contributed by atoms with Gasteiger partial charge in [-0.25, -0.2) is 4.98 Å². The minimum absolute atomic E-state index is 0.470. The van der Waals surface area contributed by atoms with Gasteiger partial charge in [-0.05, 0) is 43.7 Å². The summed E-state index contributed by atoms with van der Waals surface area (Å²) in [4.78, 5) is 6.48. The number of benzene rings is 1. The van der Waals surface area contributed by atoms with Gasteiger partial charge in [-0.2, -0.15) is 15.4 Å². The Kier molecular flexibility index (Phi) is 4.29. The summed E-state index contributed by atoms with van der Waals surface area (Å²) in [6, 6.07) is 7.44. The molecule has 1 aliphatic heterocycles. The van der Waals surface area contributed by atoms with E-state index in [-0.39, 0.29) is 0 Å². The Balaban J connectivity index is 1.46. The molecule has 1 atom stereocenters. The van der Waals surface area contributed by atoms with Crippen molar-refractivity contribution in [3.05, 3.63) is 53.3 Å². The second kappa shape index (κ2) is 6.59. The van der Waals surface area contributed by atoms with Crippen molar-refractivity contribution in [2.45, 2.75) is 25.0 Å². The van der Waals surface area contributed by atoms with Crippen molar-refractivity contribution in [1.29, 1.82) is 0 Å². The highest BCUT2D eigenvalue weighted by molar-refractivity contribution is 6.30. The third-order valence-electron chi connectivity index (χ3n) is 4.48. The van der Waals surface area contributed by atoms with Gasteiger partial charge in [0.05, 0.1) is 18.9 Å². The zero-order valence-corrected chi connectivity index (χ0v) is 14.3. The molecule has 130 valence electrons. The lowest BCUT2D eigenvalue weighted by Gasteiger charge is -2.37. The first-order chi connectivity index (χ1) is 12.1. The van der Waals surface area contributed by atoms with Gasteiger partial charge in [-0.15, -0.1) is 0 Å². The first-order valence-electron chi connectivity index (χ1n) is 8.14. The molecule has 1 unspecified atom stereocenters. The summed E-state index contributed by atoms with van der Waals surface area (Å²) in [7, 11) is 0. The molecule has 2 aromatic heterocycles. The molecule has 25 heavy (non-hydrogen) atoms. The molecule has 0 amide bonds. The number of hydrogen-bond acceptors (Lipinski definition) is 6. The fourth-order valence-electron chi connectivity index (χ4n) is 3.22. The van der Waals surface area contributed by atoms with Crippen LogP contribution in [-0.2, 0) is 12.1 Å². The summed E-state index contributed by atoms with van der Waals surface area (Å²) in [5, 5.41) is 22.0. The SMILES string of the molecule is OC1(c2cn[nH]n2)CCCN(Cc2ncc(-c3ccc(Cl)cc3)o2)C1. The Hall–Kier alpha value is -2.22. The van der Waals surface area contributed by atoms with Crippen LogP contribution in [-0.4, -0.2) is 43.5 Å². The van der Waals surface area contributed by atoms with E-state index in [0.717, 1.165) is 18.5 Å². The van der Waals surface area contributed by atoms with Crippen molar-refractivity contribution >= 4 is 11.6 Å². The second-order valence-electron chi connectivity index (χ2n) is 6.33. The number of likely N-dealkylation sites (tertiary alicyclic amines) is 1. The Morgan fingerprint density at radius 3 is 2.88 bits per heavy atom. The Labute approximate surface area is 149 Å². The number of aromatic nitrogens is 4. The molecule has 1 saturated heterocycles. The molecule has 7 nitrogen and oxygen atoms in total. The van der Waals surface area contributed by atoms with E-state index in [1.165, 1.54) is 0 Å². The largest absolute Gasteiger partial charge is 0.439 e. The zero-order valence-electron chi connectivity index (χ0n) is 13.5. The zero-order chi connectivity index (χ0) is 17.3. The third kappa shape index (κ3) is 3.44. The molecular weight excluding hydrogens is 342 g/mol. The van der Waals surface area contributed by atoms with Crippen LogP contribution in [0.5, 0.6) is 0 Å². The fourth-order valence-corrected chi connectivity index (χ4v) is 3.34. The summed E-state index contributed by atoms with van der Waals surface area (Å²) >= 11 is 5.91. The van der Waals surface area contributed by atoms with Crippen LogP contribution in [0.1, 0.15) is 24.4 Å². The van der Waals surface area contributed by atoms with Gasteiger partial charge in [-0.1, -0.05) is 11.6 Å². The minimum Gasteiger partial charge on any atom is -0.439 e. The molecule has 1 aliphatic rings. The molecule has 3 heterocycles. The van der Waals surface area contributed by atoms with Crippen LogP contribution in [0.4, 0.5) is 0 Å². The second-order valence-corrected chi connectivity index (χ2v) is 6.76. The Morgan fingerprint density at radius 2 is 2.12 bits per heavy atom. The number of aliphatic hydroxyl groups is 1. The summed E-state index contributed by atoms with van der Waals surface area (Å²) in [5.74, 6) is 1.32. The number of rotatable bonds is 4. The van der Waals surface area contributed by atoms with Crippen LogP contribution in [0.25, 0.3) is 11.3 Å². The summed E-state index contributed by atoms with van der Waals surface area (Å²) < 4.78 is 5.86. The average molecular weight is 360 g/mol. The van der Waals surface area contributed by atoms with Crippen LogP contribution in [0.3, 0.4) is 0 Å². The van der Waals surface area contributed by atoms with Gasteiger partial charge < -0.3 is 9.52 Å². The monoisotopic (exact) mass is 359 g/mol. The van der Waals surface area contributed by atoms with Gasteiger partial charge in [0.2, 0.25) is 5.89 Å². The molecule has 0 aliphatic carbocycles. The van der Waals surface area contributed by atoms with E-state index >= 15 is 0 Å². The van der Waals surface area contributed by atoms with Gasteiger partial charge in [-0.3, -0.25) is 4.90 Å². The predicted molar refractivity (Wildman–Crippen MR) is 91.7 cm³/mol. The topological polar surface area (TPSA) is 91.1 Å². The van der Waals surface area contributed by atoms with Crippen molar-refractivity contribution in [3.63, 3.8) is 0 Å². The number of H-pyrrole nitrogens is 1. The van der Waals surface area contributed by atoms with Crippen LogP contribution in [0, 0.1) is 0 Å². The third-order valence-corrected chi connectivity index (χ3v) is 4.73. The molecule has 4 rings (SSSR count). The maximum atomic E-state index is 10.9. The molecule has 0 bridgehead atoms. The number of nitrogens with one attached hydrogen (secondary N) is 1. The summed E-state index contributed by atoms with van der Waals surface area (Å²) in [5.41, 5.74) is 0.518. The highest BCUT2D eigenvalue weighted by atomic mass is 35.5. The van der Waals surface area contributed by atoms with Gasteiger partial charge in [0.1, 0.15) is 11.3 Å². The number of piperidine rings is 1. The molecular formula is C17H18ClN5O2. The van der Waals surface area contributed by atoms with Gasteiger partial charge in [0.15, 0.2) is 5.76 Å². The quantitative estimate of drug-likeness (QED) is 0.744. The van der Waals surface area contributed by atoms with Crippen LogP contribution >= 0.6 is 11.6 Å². The van der Waals surface area contributed by atoms with Gasteiger partial charge >= 0.3 is 0 Å². The molecule has 1 fully saturated rings. The Morgan fingerprint density at radius 1 is 1.28 bits per heavy atom. The molecule has 1 aromatic carbocycles. The number of β-amino-alcohol motifs (C(OH)–C–C–N with tert-alkyl or cyclic N) is 1. The predicted octanol–water partition coefficient (Wildman–Crippen LogP) is 2.60. The summed E-state index contributed by atoms with van der Waals surface area (Å²) in [6.45, 7) is 1.88. The average Bonchev–Trinajstić information content (AvgIpc) is 3.28. The van der Waals surface area contributed by atoms with Crippen molar-refractivity contribution in [3.8, 4) is 11.3 Å². The van der Waals surface area contributed by atoms with E-state index in [1.54, 1.807) is 12.4 Å². The number of halogens is 1. The van der Waals surface area contributed by atoms with Gasteiger partial charge in [0, 0.05) is 17.1 Å². The van der Waals surface area contributed by atoms with E-state index in [9.17, 15) is 5.11 Å². The number of aromatic amines is 1. The van der Waals surface area contributed by atoms with E-state index < -0.39 is 5.60 Å². The van der Waals surface area contributed by atoms with Crippen molar-refractivity contribution < 1.29 is 9.52 Å². The van der Waals surface area contributed by atoms with Crippen molar-refractivity contribution in [1.82, 2.24) is 25.3 Å². The smallest absolute Gasteiger partial charge is 0.209 e. The highest BCUT2D eigenvalue weighted by Gasteiger charge is 2.37. The number of hydrogen-bond donors (Lipinski definition) is 2. The molecule has 2 N–H and O–H groups in total. The molecule has 0 spiro atoms. The first kappa shape index (κ1) is 16.3. The summed E-state index contributed by atoms with van der Waals surface area (Å²) in [6.07, 6.45) is 4.82. The van der Waals surface area contributed by atoms with E-state index in [0.29, 0.717) is 41.9 Å². The number of oxazole rings is 1. The van der Waals surface area contributed by atoms with Crippen LogP contribution < -0.4 is 0 Å². The Bertz CT molecular complexity index is 833. The minimum atomic E-state index is -0.989. The molecule has 0 radical (unpaired) electrons. The lowest BCUT2D eigenvalue weighted by atomic mass is 9.90. The standard InChI is InChI=1S/C17H18ClN5O2/c18-13-4-2-12(3-5-13)14-8-19-16(25-14)10-23-7-1-6-17(24,11-23)15-9-20-22-21-15/h2-5,8-9,24H,1,6-7,10-11H2,(H,20,21,22). The maximum absolute atomic E-state index is 10.9. The van der Waals surface area contributed by atoms with Gasteiger partial charge in [0.25, 0.3) is 0 Å².